The molecule has 1 aromatic rings. The Morgan fingerprint density at radius 2 is 2.32 bits per heavy atom. The number of sulfonamides is 1. The monoisotopic (exact) mass is 300 g/mol. The average Bonchev–Trinajstić information content (AvgIpc) is 2.89. The number of nitrogens with zero attached hydrogens (tertiary/aromatic N) is 1. The first-order valence-corrected chi connectivity index (χ1v) is 8.37. The Hall–Kier alpha value is -1.10. The summed E-state index contributed by atoms with van der Waals surface area (Å²) < 4.78 is 40.0. The van der Waals surface area contributed by atoms with Crippen molar-refractivity contribution >= 4 is 21.8 Å². The summed E-state index contributed by atoms with van der Waals surface area (Å²) in [5.74, 6) is 0.219. The largest absolute Gasteiger partial charge is 0.242 e. The fraction of sp³-hybridized carbons (Fsp3) is 0.417. The lowest BCUT2D eigenvalue weighted by Crippen LogP contribution is -2.30. The van der Waals surface area contributed by atoms with Gasteiger partial charge in [0.2, 0.25) is 10.0 Å². The molecular weight excluding hydrogens is 287 g/mol. The van der Waals surface area contributed by atoms with E-state index in [1.165, 1.54) is 12.1 Å². The number of hydrogen-bond donors (Lipinski definition) is 1. The number of hydrogen-bond acceptors (Lipinski definition) is 4. The lowest BCUT2D eigenvalue weighted by molar-refractivity contribution is 0.574. The number of nitrogens with one attached hydrogen (secondary N) is 1. The molecule has 2 rings (SSSR count). The maximum absolute atomic E-state index is 13.4. The lowest BCUT2D eigenvalue weighted by Gasteiger charge is -2.11. The van der Waals surface area contributed by atoms with E-state index in [1.807, 2.05) is 0 Å². The van der Waals surface area contributed by atoms with E-state index >= 15 is 0 Å². The van der Waals surface area contributed by atoms with Crippen LogP contribution in [0.2, 0.25) is 0 Å². The van der Waals surface area contributed by atoms with Gasteiger partial charge in [-0.25, -0.2) is 17.5 Å². The van der Waals surface area contributed by atoms with Crippen LogP contribution in [0, 0.1) is 17.1 Å². The average molecular weight is 300 g/mol. The standard InChI is InChI=1S/C12H13FN2O2S2/c13-11-4-1-5-12(10(11)7-14)19(16,17)15-8-9-3-2-6-18-9/h1,4-5,9,15H,2-3,6,8H2. The first-order chi connectivity index (χ1) is 9.04. The van der Waals surface area contributed by atoms with Crippen LogP contribution < -0.4 is 4.72 Å². The fourth-order valence-electron chi connectivity index (χ4n) is 1.92. The summed E-state index contributed by atoms with van der Waals surface area (Å²) in [6.07, 6.45) is 2.06. The highest BCUT2D eigenvalue weighted by atomic mass is 32.2. The van der Waals surface area contributed by atoms with Crippen LogP contribution in [0.4, 0.5) is 4.39 Å². The zero-order valence-corrected chi connectivity index (χ0v) is 11.7. The van der Waals surface area contributed by atoms with E-state index in [2.05, 4.69) is 4.72 Å². The maximum atomic E-state index is 13.4. The number of benzene rings is 1. The van der Waals surface area contributed by atoms with Gasteiger partial charge in [0.05, 0.1) is 0 Å². The van der Waals surface area contributed by atoms with Crippen molar-refractivity contribution in [1.82, 2.24) is 4.72 Å². The Morgan fingerprint density at radius 3 is 2.95 bits per heavy atom. The molecule has 1 saturated heterocycles. The van der Waals surface area contributed by atoms with Crippen molar-refractivity contribution in [3.05, 3.63) is 29.6 Å². The summed E-state index contributed by atoms with van der Waals surface area (Å²) in [6.45, 7) is 0.314. The van der Waals surface area contributed by atoms with Gasteiger partial charge in [0.15, 0.2) is 0 Å². The molecule has 7 heteroatoms. The van der Waals surface area contributed by atoms with Gasteiger partial charge in [0.25, 0.3) is 0 Å². The molecule has 0 aromatic heterocycles. The molecule has 19 heavy (non-hydrogen) atoms. The first kappa shape index (κ1) is 14.3. The van der Waals surface area contributed by atoms with Crippen molar-refractivity contribution in [1.29, 1.82) is 5.26 Å². The quantitative estimate of drug-likeness (QED) is 0.921. The van der Waals surface area contributed by atoms with Crippen LogP contribution in [0.15, 0.2) is 23.1 Å². The van der Waals surface area contributed by atoms with Crippen LogP contribution >= 0.6 is 11.8 Å². The van der Waals surface area contributed by atoms with Crippen LogP contribution in [0.3, 0.4) is 0 Å². The molecule has 0 amide bonds. The minimum atomic E-state index is -3.84. The smallest absolute Gasteiger partial charge is 0.210 e. The van der Waals surface area contributed by atoms with E-state index in [0.29, 0.717) is 6.54 Å². The molecule has 1 fully saturated rings. The topological polar surface area (TPSA) is 70.0 Å². The second-order valence-corrected chi connectivity index (χ2v) is 7.36. The van der Waals surface area contributed by atoms with E-state index in [4.69, 9.17) is 5.26 Å². The SMILES string of the molecule is N#Cc1c(F)cccc1S(=O)(=O)NCC1CCCS1. The molecular formula is C12H13FN2O2S2. The van der Waals surface area contributed by atoms with Gasteiger partial charge in [0.1, 0.15) is 22.3 Å². The van der Waals surface area contributed by atoms with Crippen molar-refractivity contribution in [3.63, 3.8) is 0 Å². The molecule has 1 aliphatic heterocycles. The Bertz CT molecular complexity index is 605. The van der Waals surface area contributed by atoms with Gasteiger partial charge < -0.3 is 0 Å². The van der Waals surface area contributed by atoms with Crippen molar-refractivity contribution in [2.75, 3.05) is 12.3 Å². The number of rotatable bonds is 4. The highest BCUT2D eigenvalue weighted by Crippen LogP contribution is 2.26. The fourth-order valence-corrected chi connectivity index (χ4v) is 4.47. The van der Waals surface area contributed by atoms with Crippen molar-refractivity contribution in [3.8, 4) is 6.07 Å². The molecule has 1 unspecified atom stereocenters. The van der Waals surface area contributed by atoms with Crippen LogP contribution in [0.5, 0.6) is 0 Å². The van der Waals surface area contributed by atoms with Crippen molar-refractivity contribution in [2.24, 2.45) is 0 Å². The molecule has 1 heterocycles. The molecule has 4 nitrogen and oxygen atoms in total. The molecule has 1 atom stereocenters. The third-order valence-electron chi connectivity index (χ3n) is 2.90. The maximum Gasteiger partial charge on any atom is 0.242 e. The molecule has 1 N–H and O–H groups in total. The zero-order chi connectivity index (χ0) is 13.9. The minimum absolute atomic E-state index is 0.258. The zero-order valence-electron chi connectivity index (χ0n) is 10.1. The van der Waals surface area contributed by atoms with Gasteiger partial charge in [0, 0.05) is 11.8 Å². The summed E-state index contributed by atoms with van der Waals surface area (Å²) in [4.78, 5) is -0.294. The van der Waals surface area contributed by atoms with Gasteiger partial charge >= 0.3 is 0 Å². The Morgan fingerprint density at radius 1 is 1.53 bits per heavy atom. The van der Waals surface area contributed by atoms with E-state index in [0.717, 1.165) is 24.7 Å². The number of halogens is 1. The van der Waals surface area contributed by atoms with Gasteiger partial charge in [-0.15, -0.1) is 0 Å². The second kappa shape index (κ2) is 5.90. The molecule has 102 valence electrons. The Kier molecular flexibility index (Phi) is 4.45. The summed E-state index contributed by atoms with van der Waals surface area (Å²) >= 11 is 1.73. The summed E-state index contributed by atoms with van der Waals surface area (Å²) in [5.41, 5.74) is -0.436. The number of thioether (sulfide) groups is 1. The van der Waals surface area contributed by atoms with Gasteiger partial charge in [-0.3, -0.25) is 0 Å². The molecule has 0 aliphatic carbocycles. The van der Waals surface area contributed by atoms with Gasteiger partial charge in [-0.05, 0) is 30.7 Å². The summed E-state index contributed by atoms with van der Waals surface area (Å²) in [6, 6.07) is 5.20. The highest BCUT2D eigenvalue weighted by molar-refractivity contribution is 8.00. The van der Waals surface area contributed by atoms with Gasteiger partial charge in [-0.2, -0.15) is 17.0 Å². The molecule has 1 aromatic carbocycles. The summed E-state index contributed by atoms with van der Waals surface area (Å²) in [7, 11) is -3.84. The molecule has 0 spiro atoms. The number of nitriles is 1. The molecule has 0 saturated carbocycles. The van der Waals surface area contributed by atoms with E-state index in [1.54, 1.807) is 17.8 Å². The summed E-state index contributed by atoms with van der Waals surface area (Å²) in [5, 5.41) is 9.11. The molecule has 0 bridgehead atoms. The van der Waals surface area contributed by atoms with Crippen molar-refractivity contribution in [2.45, 2.75) is 23.0 Å². The first-order valence-electron chi connectivity index (χ1n) is 5.84. The third kappa shape index (κ3) is 3.26. The van der Waals surface area contributed by atoms with E-state index < -0.39 is 21.4 Å². The Labute approximate surface area is 116 Å². The molecule has 1 aliphatic rings. The predicted octanol–water partition coefficient (Wildman–Crippen LogP) is 1.87. The van der Waals surface area contributed by atoms with Gasteiger partial charge in [-0.1, -0.05) is 6.07 Å². The van der Waals surface area contributed by atoms with Crippen LogP contribution in [-0.2, 0) is 10.0 Å². The molecule has 0 radical (unpaired) electrons. The lowest BCUT2D eigenvalue weighted by atomic mass is 10.2. The van der Waals surface area contributed by atoms with Crippen molar-refractivity contribution < 1.29 is 12.8 Å². The van der Waals surface area contributed by atoms with Crippen LogP contribution in [0.25, 0.3) is 0 Å². The van der Waals surface area contributed by atoms with E-state index in [-0.39, 0.29) is 10.1 Å². The van der Waals surface area contributed by atoms with E-state index in [9.17, 15) is 12.8 Å². The third-order valence-corrected chi connectivity index (χ3v) is 5.77. The van der Waals surface area contributed by atoms with Crippen LogP contribution in [-0.4, -0.2) is 26.0 Å². The highest BCUT2D eigenvalue weighted by Gasteiger charge is 2.23. The van der Waals surface area contributed by atoms with Crippen LogP contribution in [0.1, 0.15) is 18.4 Å². The second-order valence-electron chi connectivity index (χ2n) is 4.21. The normalized spacial score (nSPS) is 19.3. The predicted molar refractivity (Wildman–Crippen MR) is 71.8 cm³/mol. The Balaban J connectivity index is 2.20. The minimum Gasteiger partial charge on any atom is -0.210 e.